The minimum absolute atomic E-state index is 0.490. The fraction of sp³-hybridized carbons (Fsp3) is 0.615. The van der Waals surface area contributed by atoms with Gasteiger partial charge in [0.1, 0.15) is 5.82 Å². The van der Waals surface area contributed by atoms with Crippen LogP contribution in [-0.4, -0.2) is 42.6 Å². The van der Waals surface area contributed by atoms with Crippen molar-refractivity contribution in [2.24, 2.45) is 0 Å². The third kappa shape index (κ3) is 3.16. The SMILES string of the molecule is CCC1CN(C)CCCN1c1ncc(Br)cc1Cl. The van der Waals surface area contributed by atoms with Crippen molar-refractivity contribution in [2.75, 3.05) is 31.6 Å². The van der Waals surface area contributed by atoms with E-state index in [1.165, 1.54) is 0 Å². The number of anilines is 1. The molecule has 0 saturated carbocycles. The number of rotatable bonds is 2. The molecule has 0 aromatic carbocycles. The average molecular weight is 333 g/mol. The molecule has 1 aliphatic rings. The van der Waals surface area contributed by atoms with Crippen molar-refractivity contribution in [2.45, 2.75) is 25.8 Å². The highest BCUT2D eigenvalue weighted by molar-refractivity contribution is 9.10. The van der Waals surface area contributed by atoms with Crippen LogP contribution >= 0.6 is 27.5 Å². The predicted molar refractivity (Wildman–Crippen MR) is 80.5 cm³/mol. The lowest BCUT2D eigenvalue weighted by molar-refractivity contribution is 0.327. The maximum absolute atomic E-state index is 6.33. The van der Waals surface area contributed by atoms with Gasteiger partial charge < -0.3 is 9.80 Å². The summed E-state index contributed by atoms with van der Waals surface area (Å²) in [6, 6.07) is 2.41. The Morgan fingerprint density at radius 2 is 2.28 bits per heavy atom. The van der Waals surface area contributed by atoms with E-state index in [0.717, 1.165) is 47.8 Å². The van der Waals surface area contributed by atoms with Crippen LogP contribution in [0.2, 0.25) is 5.02 Å². The van der Waals surface area contributed by atoms with Gasteiger partial charge in [-0.15, -0.1) is 0 Å². The minimum Gasteiger partial charge on any atom is -0.351 e. The second-order valence-electron chi connectivity index (χ2n) is 4.83. The number of aromatic nitrogens is 1. The predicted octanol–water partition coefficient (Wildman–Crippen LogP) is 3.42. The third-order valence-corrected chi connectivity index (χ3v) is 4.15. The maximum Gasteiger partial charge on any atom is 0.147 e. The Labute approximate surface area is 122 Å². The van der Waals surface area contributed by atoms with Crippen LogP contribution in [0, 0.1) is 0 Å². The topological polar surface area (TPSA) is 19.4 Å². The molecular weight excluding hydrogens is 314 g/mol. The fourth-order valence-electron chi connectivity index (χ4n) is 2.49. The quantitative estimate of drug-likeness (QED) is 0.827. The van der Waals surface area contributed by atoms with Crippen LogP contribution < -0.4 is 4.90 Å². The molecule has 0 spiro atoms. The third-order valence-electron chi connectivity index (χ3n) is 3.43. The van der Waals surface area contributed by atoms with Gasteiger partial charge in [0, 0.05) is 29.8 Å². The number of hydrogen-bond donors (Lipinski definition) is 0. The molecule has 1 aliphatic heterocycles. The van der Waals surface area contributed by atoms with Crippen molar-refractivity contribution in [1.29, 1.82) is 0 Å². The fourth-order valence-corrected chi connectivity index (χ4v) is 3.23. The summed E-state index contributed by atoms with van der Waals surface area (Å²) in [6.07, 6.45) is 4.09. The van der Waals surface area contributed by atoms with Crippen LogP contribution in [0.1, 0.15) is 19.8 Å². The summed E-state index contributed by atoms with van der Waals surface area (Å²) in [5.74, 6) is 0.919. The van der Waals surface area contributed by atoms with Crippen molar-refractivity contribution < 1.29 is 0 Å². The standard InChI is InChI=1S/C13H19BrClN3/c1-3-11-9-17(2)5-4-6-18(11)13-12(15)7-10(14)8-16-13/h7-8,11H,3-6,9H2,1-2H3. The van der Waals surface area contributed by atoms with Gasteiger partial charge in [-0.25, -0.2) is 4.98 Å². The molecule has 1 saturated heterocycles. The van der Waals surface area contributed by atoms with Gasteiger partial charge in [-0.05, 0) is 48.4 Å². The molecule has 1 aromatic heterocycles. The molecule has 2 heterocycles. The van der Waals surface area contributed by atoms with E-state index in [0.29, 0.717) is 6.04 Å². The molecule has 18 heavy (non-hydrogen) atoms. The normalized spacial score (nSPS) is 22.0. The van der Waals surface area contributed by atoms with E-state index >= 15 is 0 Å². The van der Waals surface area contributed by atoms with Crippen molar-refractivity contribution in [3.8, 4) is 0 Å². The summed E-state index contributed by atoms with van der Waals surface area (Å²) in [5.41, 5.74) is 0. The first-order valence-electron chi connectivity index (χ1n) is 6.38. The maximum atomic E-state index is 6.33. The van der Waals surface area contributed by atoms with Crippen molar-refractivity contribution >= 4 is 33.3 Å². The van der Waals surface area contributed by atoms with Gasteiger partial charge in [-0.1, -0.05) is 18.5 Å². The Hall–Kier alpha value is -0.320. The number of nitrogens with zero attached hydrogens (tertiary/aromatic N) is 3. The summed E-state index contributed by atoms with van der Waals surface area (Å²) < 4.78 is 0.927. The van der Waals surface area contributed by atoms with E-state index in [1.807, 2.05) is 12.3 Å². The van der Waals surface area contributed by atoms with E-state index in [4.69, 9.17) is 11.6 Å². The van der Waals surface area contributed by atoms with Crippen LogP contribution in [0.3, 0.4) is 0 Å². The molecule has 1 unspecified atom stereocenters. The molecule has 0 aliphatic carbocycles. The smallest absolute Gasteiger partial charge is 0.147 e. The zero-order chi connectivity index (χ0) is 13.1. The lowest BCUT2D eigenvalue weighted by Crippen LogP contribution is -2.40. The van der Waals surface area contributed by atoms with Crippen LogP contribution in [0.5, 0.6) is 0 Å². The van der Waals surface area contributed by atoms with Crippen molar-refractivity contribution in [3.63, 3.8) is 0 Å². The van der Waals surface area contributed by atoms with Gasteiger partial charge in [-0.3, -0.25) is 0 Å². The van der Waals surface area contributed by atoms with Gasteiger partial charge >= 0.3 is 0 Å². The largest absolute Gasteiger partial charge is 0.351 e. The van der Waals surface area contributed by atoms with E-state index in [9.17, 15) is 0 Å². The van der Waals surface area contributed by atoms with Crippen LogP contribution in [0.4, 0.5) is 5.82 Å². The molecule has 1 aromatic rings. The highest BCUT2D eigenvalue weighted by Crippen LogP contribution is 2.29. The first kappa shape index (κ1) is 14.1. The van der Waals surface area contributed by atoms with Crippen LogP contribution in [0.15, 0.2) is 16.7 Å². The summed E-state index contributed by atoms with van der Waals surface area (Å²) in [5, 5.41) is 0.729. The lowest BCUT2D eigenvalue weighted by Gasteiger charge is -2.31. The molecule has 0 radical (unpaired) electrons. The van der Waals surface area contributed by atoms with Crippen LogP contribution in [0.25, 0.3) is 0 Å². The Bertz CT molecular complexity index is 413. The summed E-state index contributed by atoms with van der Waals surface area (Å²) >= 11 is 9.73. The minimum atomic E-state index is 0.490. The van der Waals surface area contributed by atoms with E-state index in [1.54, 1.807) is 0 Å². The molecule has 0 amide bonds. The molecule has 2 rings (SSSR count). The highest BCUT2D eigenvalue weighted by atomic mass is 79.9. The number of hydrogen-bond acceptors (Lipinski definition) is 3. The van der Waals surface area contributed by atoms with E-state index in [-0.39, 0.29) is 0 Å². The van der Waals surface area contributed by atoms with Crippen molar-refractivity contribution in [1.82, 2.24) is 9.88 Å². The van der Waals surface area contributed by atoms with Gasteiger partial charge in [0.05, 0.1) is 5.02 Å². The first-order chi connectivity index (χ1) is 8.61. The molecule has 1 atom stereocenters. The number of pyridine rings is 1. The van der Waals surface area contributed by atoms with Gasteiger partial charge in [0.25, 0.3) is 0 Å². The zero-order valence-corrected chi connectivity index (χ0v) is 13.2. The number of halogens is 2. The molecular formula is C13H19BrClN3. The molecule has 1 fully saturated rings. The summed E-state index contributed by atoms with van der Waals surface area (Å²) in [7, 11) is 2.18. The Morgan fingerprint density at radius 3 is 2.94 bits per heavy atom. The Morgan fingerprint density at radius 1 is 1.50 bits per heavy atom. The van der Waals surface area contributed by atoms with Crippen molar-refractivity contribution in [3.05, 3.63) is 21.8 Å². The first-order valence-corrected chi connectivity index (χ1v) is 7.55. The second-order valence-corrected chi connectivity index (χ2v) is 6.15. The van der Waals surface area contributed by atoms with Gasteiger partial charge in [0.2, 0.25) is 0 Å². The van der Waals surface area contributed by atoms with Gasteiger partial charge in [0.15, 0.2) is 0 Å². The highest BCUT2D eigenvalue weighted by Gasteiger charge is 2.24. The van der Waals surface area contributed by atoms with Crippen LogP contribution in [-0.2, 0) is 0 Å². The molecule has 0 N–H and O–H groups in total. The van der Waals surface area contributed by atoms with Gasteiger partial charge in [-0.2, -0.15) is 0 Å². The number of likely N-dealkylation sites (N-methyl/N-ethyl adjacent to an activating group) is 1. The molecule has 0 bridgehead atoms. The summed E-state index contributed by atoms with van der Waals surface area (Å²) in [4.78, 5) is 9.24. The molecule has 3 nitrogen and oxygen atoms in total. The molecule has 100 valence electrons. The summed E-state index contributed by atoms with van der Waals surface area (Å²) in [6.45, 7) is 5.46. The van der Waals surface area contributed by atoms with E-state index < -0.39 is 0 Å². The second kappa shape index (κ2) is 6.22. The monoisotopic (exact) mass is 331 g/mol. The molecule has 5 heteroatoms. The lowest BCUT2D eigenvalue weighted by atomic mass is 10.2. The van der Waals surface area contributed by atoms with E-state index in [2.05, 4.69) is 44.7 Å². The average Bonchev–Trinajstić information content (AvgIpc) is 2.51. The Kier molecular flexibility index (Phi) is 4.87. The zero-order valence-electron chi connectivity index (χ0n) is 10.9. The Balaban J connectivity index is 2.28.